The Morgan fingerprint density at radius 1 is 1.53 bits per heavy atom. The molecule has 1 aliphatic carbocycles. The van der Waals surface area contributed by atoms with E-state index in [-0.39, 0.29) is 11.9 Å². The first-order valence-corrected chi connectivity index (χ1v) is 6.29. The second kappa shape index (κ2) is 4.32. The summed E-state index contributed by atoms with van der Waals surface area (Å²) in [5.74, 6) is -0.745. The van der Waals surface area contributed by atoms with E-state index in [1.54, 1.807) is 13.0 Å². The predicted molar refractivity (Wildman–Crippen MR) is 53.6 cm³/mol. The molecule has 0 radical (unpaired) electrons. The third kappa shape index (κ3) is 3.32. The van der Waals surface area contributed by atoms with Crippen LogP contribution in [0.25, 0.3) is 0 Å². The molecule has 0 heterocycles. The molecule has 0 aliphatic heterocycles. The van der Waals surface area contributed by atoms with Crippen LogP contribution in [0.4, 0.5) is 0 Å². The minimum absolute atomic E-state index is 0.325. The van der Waals surface area contributed by atoms with Crippen LogP contribution in [0.2, 0.25) is 0 Å². The minimum atomic E-state index is -3.48. The van der Waals surface area contributed by atoms with Crippen molar-refractivity contribution in [2.75, 3.05) is 13.4 Å². The van der Waals surface area contributed by atoms with E-state index in [0.29, 0.717) is 6.42 Å². The van der Waals surface area contributed by atoms with Gasteiger partial charge in [-0.2, -0.15) is 8.42 Å². The van der Waals surface area contributed by atoms with Crippen LogP contribution in [-0.2, 0) is 23.8 Å². The van der Waals surface area contributed by atoms with E-state index in [1.807, 2.05) is 0 Å². The van der Waals surface area contributed by atoms with Crippen molar-refractivity contribution in [3.63, 3.8) is 0 Å². The molecule has 2 atom stereocenters. The molecule has 1 aliphatic rings. The van der Waals surface area contributed by atoms with Crippen LogP contribution in [-0.4, -0.2) is 33.9 Å². The number of carbonyl (C=O) groups is 1. The highest BCUT2D eigenvalue weighted by molar-refractivity contribution is 7.86. The van der Waals surface area contributed by atoms with Gasteiger partial charge < -0.3 is 4.74 Å². The average Bonchev–Trinajstić information content (AvgIpc) is 2.42. The third-order valence-electron chi connectivity index (χ3n) is 2.25. The van der Waals surface area contributed by atoms with Crippen molar-refractivity contribution in [3.05, 3.63) is 11.6 Å². The van der Waals surface area contributed by atoms with E-state index in [9.17, 15) is 13.2 Å². The van der Waals surface area contributed by atoms with Crippen LogP contribution in [0.1, 0.15) is 13.3 Å². The number of hydrogen-bond donors (Lipinski definition) is 0. The minimum Gasteiger partial charge on any atom is -0.469 e. The van der Waals surface area contributed by atoms with Crippen LogP contribution in [0, 0.1) is 5.92 Å². The zero-order valence-electron chi connectivity index (χ0n) is 8.89. The van der Waals surface area contributed by atoms with Crippen molar-refractivity contribution in [2.45, 2.75) is 19.4 Å². The normalized spacial score (nSPS) is 26.2. The molecule has 6 heteroatoms. The fraction of sp³-hybridized carbons (Fsp3) is 0.667. The standard InChI is InChI=1S/C9H14O5S/c1-6-4-7(14-15(3,11)12)5-8(6)9(10)13-2/h4,7-8H,5H2,1-3H3/t7-,8-/m0/s1. The fourth-order valence-corrected chi connectivity index (χ4v) is 2.19. The summed E-state index contributed by atoms with van der Waals surface area (Å²) in [6, 6.07) is 0. The van der Waals surface area contributed by atoms with Crippen molar-refractivity contribution < 1.29 is 22.1 Å². The molecule has 0 saturated carbocycles. The van der Waals surface area contributed by atoms with Crippen LogP contribution in [0.15, 0.2) is 11.6 Å². The zero-order chi connectivity index (χ0) is 11.6. The predicted octanol–water partition coefficient (Wildman–Crippen LogP) is 0.470. The quantitative estimate of drug-likeness (QED) is 0.403. The first-order chi connectivity index (χ1) is 6.83. The van der Waals surface area contributed by atoms with Gasteiger partial charge in [-0.3, -0.25) is 8.98 Å². The van der Waals surface area contributed by atoms with E-state index < -0.39 is 16.2 Å². The van der Waals surface area contributed by atoms with Gasteiger partial charge in [0.1, 0.15) is 0 Å². The molecule has 86 valence electrons. The topological polar surface area (TPSA) is 69.7 Å². The van der Waals surface area contributed by atoms with Crippen molar-refractivity contribution in [2.24, 2.45) is 5.92 Å². The Morgan fingerprint density at radius 2 is 2.13 bits per heavy atom. The van der Waals surface area contributed by atoms with Gasteiger partial charge in [0.2, 0.25) is 0 Å². The summed E-state index contributed by atoms with van der Waals surface area (Å²) in [5.41, 5.74) is 0.788. The molecule has 0 aromatic rings. The Morgan fingerprint density at radius 3 is 2.60 bits per heavy atom. The number of hydrogen-bond acceptors (Lipinski definition) is 5. The lowest BCUT2D eigenvalue weighted by molar-refractivity contribution is -0.144. The summed E-state index contributed by atoms with van der Waals surface area (Å²) < 4.78 is 31.1. The molecule has 0 aromatic carbocycles. The molecule has 0 unspecified atom stereocenters. The first-order valence-electron chi connectivity index (χ1n) is 4.48. The highest BCUT2D eigenvalue weighted by Gasteiger charge is 2.32. The van der Waals surface area contributed by atoms with E-state index in [2.05, 4.69) is 4.74 Å². The Labute approximate surface area is 89.2 Å². The zero-order valence-corrected chi connectivity index (χ0v) is 9.71. The molecule has 0 aromatic heterocycles. The van der Waals surface area contributed by atoms with Crippen molar-refractivity contribution in [1.29, 1.82) is 0 Å². The number of rotatable bonds is 3. The molecular formula is C9H14O5S. The third-order valence-corrected chi connectivity index (χ3v) is 2.85. The largest absolute Gasteiger partial charge is 0.469 e. The average molecular weight is 234 g/mol. The van der Waals surface area contributed by atoms with Gasteiger partial charge >= 0.3 is 5.97 Å². The highest BCUT2D eigenvalue weighted by Crippen LogP contribution is 2.29. The Hall–Kier alpha value is -0.880. The Bertz CT molecular complexity index is 381. The summed E-state index contributed by atoms with van der Waals surface area (Å²) >= 11 is 0. The molecular weight excluding hydrogens is 220 g/mol. The lowest BCUT2D eigenvalue weighted by Crippen LogP contribution is -2.19. The van der Waals surface area contributed by atoms with Gasteiger partial charge in [0.15, 0.2) is 0 Å². The summed E-state index contributed by atoms with van der Waals surface area (Å²) in [6.45, 7) is 1.76. The number of ether oxygens (including phenoxy) is 1. The smallest absolute Gasteiger partial charge is 0.312 e. The van der Waals surface area contributed by atoms with Gasteiger partial charge in [-0.1, -0.05) is 11.6 Å². The lowest BCUT2D eigenvalue weighted by Gasteiger charge is -2.10. The highest BCUT2D eigenvalue weighted by atomic mass is 32.2. The second-order valence-corrected chi connectivity index (χ2v) is 5.16. The molecule has 0 fully saturated rings. The van der Waals surface area contributed by atoms with Crippen LogP contribution < -0.4 is 0 Å². The van der Waals surface area contributed by atoms with Crippen LogP contribution in [0.3, 0.4) is 0 Å². The van der Waals surface area contributed by atoms with Crippen molar-refractivity contribution >= 4 is 16.1 Å². The molecule has 0 N–H and O–H groups in total. The number of methoxy groups -OCH3 is 1. The SMILES string of the molecule is COC(=O)[C@H]1C[C@@H](OS(C)(=O)=O)C=C1C. The molecule has 0 saturated heterocycles. The fourth-order valence-electron chi connectivity index (χ4n) is 1.61. The van der Waals surface area contributed by atoms with Gasteiger partial charge in [0.25, 0.3) is 10.1 Å². The van der Waals surface area contributed by atoms with E-state index in [4.69, 9.17) is 4.18 Å². The van der Waals surface area contributed by atoms with E-state index in [0.717, 1.165) is 11.8 Å². The number of carbonyl (C=O) groups excluding carboxylic acids is 1. The van der Waals surface area contributed by atoms with E-state index >= 15 is 0 Å². The molecule has 0 amide bonds. The van der Waals surface area contributed by atoms with E-state index in [1.165, 1.54) is 7.11 Å². The van der Waals surface area contributed by atoms with Gasteiger partial charge in [-0.05, 0) is 13.3 Å². The van der Waals surface area contributed by atoms with Gasteiger partial charge in [-0.25, -0.2) is 0 Å². The molecule has 0 spiro atoms. The summed E-state index contributed by atoms with van der Waals surface area (Å²) in [5, 5.41) is 0. The Kier molecular flexibility index (Phi) is 3.51. The lowest BCUT2D eigenvalue weighted by atomic mass is 10.0. The Balaban J connectivity index is 2.68. The maximum atomic E-state index is 11.3. The van der Waals surface area contributed by atoms with Gasteiger partial charge in [0.05, 0.1) is 25.4 Å². The monoisotopic (exact) mass is 234 g/mol. The van der Waals surface area contributed by atoms with Crippen LogP contribution >= 0.6 is 0 Å². The maximum absolute atomic E-state index is 11.3. The summed E-state index contributed by atoms with van der Waals surface area (Å²) in [6.07, 6.45) is 2.40. The van der Waals surface area contributed by atoms with Gasteiger partial charge in [0, 0.05) is 0 Å². The first kappa shape index (κ1) is 12.2. The molecule has 5 nitrogen and oxygen atoms in total. The molecule has 15 heavy (non-hydrogen) atoms. The number of esters is 1. The van der Waals surface area contributed by atoms with Crippen molar-refractivity contribution in [1.82, 2.24) is 0 Å². The van der Waals surface area contributed by atoms with Crippen molar-refractivity contribution in [3.8, 4) is 0 Å². The molecule has 0 bridgehead atoms. The van der Waals surface area contributed by atoms with Crippen LogP contribution in [0.5, 0.6) is 0 Å². The summed E-state index contributed by atoms with van der Waals surface area (Å²) in [4.78, 5) is 11.3. The van der Waals surface area contributed by atoms with Gasteiger partial charge in [-0.15, -0.1) is 0 Å². The molecule has 1 rings (SSSR count). The maximum Gasteiger partial charge on any atom is 0.312 e. The summed E-state index contributed by atoms with van der Waals surface area (Å²) in [7, 11) is -2.18. The second-order valence-electron chi connectivity index (χ2n) is 3.56.